The third kappa shape index (κ3) is 4.19. The zero-order valence-corrected chi connectivity index (χ0v) is 11.6. The summed E-state index contributed by atoms with van der Waals surface area (Å²) in [5, 5.41) is 9.87. The first-order valence-electron chi connectivity index (χ1n) is 5.61. The second-order valence-electron chi connectivity index (χ2n) is 5.37. The number of rotatable bonds is 3. The van der Waals surface area contributed by atoms with Crippen molar-refractivity contribution in [1.82, 2.24) is 0 Å². The molecule has 0 bridgehead atoms. The second kappa shape index (κ2) is 6.45. The van der Waals surface area contributed by atoms with Gasteiger partial charge in [0.15, 0.2) is 11.6 Å². The lowest BCUT2D eigenvalue weighted by Gasteiger charge is -2.29. The van der Waals surface area contributed by atoms with E-state index in [0.29, 0.717) is 0 Å². The standard InChI is InChI=1S/C13H19F2NO.ClH/c1-13(2,3)11(16)7-10(17)8-5-4-6-9(14)12(8)15;/h4-6,10-11,17H,7,16H2,1-3H3;1H/t10-,11+;/m0./s1. The van der Waals surface area contributed by atoms with Gasteiger partial charge in [-0.3, -0.25) is 0 Å². The minimum Gasteiger partial charge on any atom is -0.388 e. The summed E-state index contributed by atoms with van der Waals surface area (Å²) < 4.78 is 26.4. The van der Waals surface area contributed by atoms with Crippen LogP contribution >= 0.6 is 12.4 Å². The molecule has 0 unspecified atom stereocenters. The Hall–Kier alpha value is -0.710. The van der Waals surface area contributed by atoms with E-state index in [1.54, 1.807) is 0 Å². The maximum absolute atomic E-state index is 13.4. The molecular formula is C13H20ClF2NO. The van der Waals surface area contributed by atoms with E-state index >= 15 is 0 Å². The summed E-state index contributed by atoms with van der Waals surface area (Å²) in [6.45, 7) is 5.81. The molecule has 0 aliphatic rings. The minimum atomic E-state index is -1.08. The van der Waals surface area contributed by atoms with Crippen LogP contribution in [0.2, 0.25) is 0 Å². The number of halogens is 3. The fourth-order valence-corrected chi connectivity index (χ4v) is 1.50. The third-order valence-electron chi connectivity index (χ3n) is 2.93. The van der Waals surface area contributed by atoms with Crippen LogP contribution in [0.1, 0.15) is 38.9 Å². The summed E-state index contributed by atoms with van der Waals surface area (Å²) in [5.74, 6) is -1.95. The molecule has 2 atom stereocenters. The highest BCUT2D eigenvalue weighted by molar-refractivity contribution is 5.85. The van der Waals surface area contributed by atoms with Crippen LogP contribution in [-0.2, 0) is 0 Å². The largest absolute Gasteiger partial charge is 0.388 e. The van der Waals surface area contributed by atoms with E-state index in [1.807, 2.05) is 20.8 Å². The van der Waals surface area contributed by atoms with Gasteiger partial charge in [-0.2, -0.15) is 0 Å². The normalized spacial score (nSPS) is 14.8. The Bertz CT molecular complexity index is 393. The lowest BCUT2D eigenvalue weighted by Crippen LogP contribution is -2.36. The Morgan fingerprint density at radius 3 is 2.33 bits per heavy atom. The van der Waals surface area contributed by atoms with Crippen molar-refractivity contribution in [3.05, 3.63) is 35.4 Å². The highest BCUT2D eigenvalue weighted by Gasteiger charge is 2.25. The summed E-state index contributed by atoms with van der Waals surface area (Å²) in [6, 6.07) is 3.48. The molecule has 1 aromatic carbocycles. The van der Waals surface area contributed by atoms with Crippen molar-refractivity contribution >= 4 is 12.4 Å². The molecule has 0 aliphatic heterocycles. The topological polar surface area (TPSA) is 46.2 Å². The molecule has 5 heteroatoms. The SMILES string of the molecule is CC(C)(C)[C@H](N)C[C@H](O)c1cccc(F)c1F.Cl. The highest BCUT2D eigenvalue weighted by atomic mass is 35.5. The zero-order chi connectivity index (χ0) is 13.2. The Labute approximate surface area is 113 Å². The Balaban J connectivity index is 0.00000289. The van der Waals surface area contributed by atoms with E-state index in [2.05, 4.69) is 0 Å². The van der Waals surface area contributed by atoms with E-state index in [1.165, 1.54) is 12.1 Å². The van der Waals surface area contributed by atoms with Gasteiger partial charge in [-0.15, -0.1) is 12.4 Å². The van der Waals surface area contributed by atoms with E-state index in [4.69, 9.17) is 5.73 Å². The second-order valence-corrected chi connectivity index (χ2v) is 5.37. The molecule has 0 amide bonds. The summed E-state index contributed by atoms with van der Waals surface area (Å²) in [5.41, 5.74) is 5.67. The van der Waals surface area contributed by atoms with E-state index in [9.17, 15) is 13.9 Å². The molecule has 2 nitrogen and oxygen atoms in total. The minimum absolute atomic E-state index is 0. The van der Waals surface area contributed by atoms with Gasteiger partial charge in [0.25, 0.3) is 0 Å². The molecule has 1 aromatic rings. The predicted octanol–water partition coefficient (Wildman–Crippen LogP) is 3.18. The van der Waals surface area contributed by atoms with Crippen molar-refractivity contribution in [2.75, 3.05) is 0 Å². The van der Waals surface area contributed by atoms with Crippen LogP contribution < -0.4 is 5.73 Å². The molecule has 0 spiro atoms. The number of aliphatic hydroxyl groups is 1. The van der Waals surface area contributed by atoms with Crippen molar-refractivity contribution in [3.8, 4) is 0 Å². The van der Waals surface area contributed by atoms with Crippen molar-refractivity contribution in [3.63, 3.8) is 0 Å². The molecule has 0 radical (unpaired) electrons. The van der Waals surface area contributed by atoms with Gasteiger partial charge >= 0.3 is 0 Å². The molecule has 0 saturated carbocycles. The van der Waals surface area contributed by atoms with Crippen LogP contribution in [0.5, 0.6) is 0 Å². The van der Waals surface area contributed by atoms with Crippen LogP contribution in [0.25, 0.3) is 0 Å². The quantitative estimate of drug-likeness (QED) is 0.893. The molecule has 104 valence electrons. The fraction of sp³-hybridized carbons (Fsp3) is 0.538. The van der Waals surface area contributed by atoms with Gasteiger partial charge < -0.3 is 10.8 Å². The van der Waals surface area contributed by atoms with E-state index in [-0.39, 0.29) is 35.8 Å². The smallest absolute Gasteiger partial charge is 0.164 e. The first-order chi connectivity index (χ1) is 7.73. The maximum Gasteiger partial charge on any atom is 0.164 e. The molecule has 0 heterocycles. The number of hydrogen-bond donors (Lipinski definition) is 2. The van der Waals surface area contributed by atoms with Crippen molar-refractivity contribution in [2.24, 2.45) is 11.1 Å². The maximum atomic E-state index is 13.4. The first-order valence-corrected chi connectivity index (χ1v) is 5.61. The summed E-state index contributed by atoms with van der Waals surface area (Å²) in [7, 11) is 0. The number of benzene rings is 1. The Morgan fingerprint density at radius 1 is 1.28 bits per heavy atom. The summed E-state index contributed by atoms with van der Waals surface area (Å²) >= 11 is 0. The van der Waals surface area contributed by atoms with Gasteiger partial charge in [-0.05, 0) is 17.9 Å². The average molecular weight is 280 g/mol. The van der Waals surface area contributed by atoms with Gasteiger partial charge in [0, 0.05) is 11.6 Å². The van der Waals surface area contributed by atoms with Gasteiger partial charge in [0.2, 0.25) is 0 Å². The van der Waals surface area contributed by atoms with Crippen LogP contribution in [0.4, 0.5) is 8.78 Å². The van der Waals surface area contributed by atoms with Crippen LogP contribution in [-0.4, -0.2) is 11.1 Å². The summed E-state index contributed by atoms with van der Waals surface area (Å²) in [4.78, 5) is 0. The Kier molecular flexibility index (Phi) is 6.20. The van der Waals surface area contributed by atoms with Crippen molar-refractivity contribution in [2.45, 2.75) is 39.3 Å². The van der Waals surface area contributed by atoms with Gasteiger partial charge in [0.1, 0.15) is 0 Å². The molecular weight excluding hydrogens is 260 g/mol. The molecule has 0 saturated heterocycles. The summed E-state index contributed by atoms with van der Waals surface area (Å²) in [6.07, 6.45) is -0.885. The van der Waals surface area contributed by atoms with E-state index in [0.717, 1.165) is 6.07 Å². The highest BCUT2D eigenvalue weighted by Crippen LogP contribution is 2.28. The fourth-order valence-electron chi connectivity index (χ4n) is 1.50. The molecule has 0 fully saturated rings. The lowest BCUT2D eigenvalue weighted by molar-refractivity contribution is 0.129. The van der Waals surface area contributed by atoms with Crippen LogP contribution in [0.3, 0.4) is 0 Å². The third-order valence-corrected chi connectivity index (χ3v) is 2.93. The van der Waals surface area contributed by atoms with Crippen molar-refractivity contribution in [1.29, 1.82) is 0 Å². The molecule has 3 N–H and O–H groups in total. The predicted molar refractivity (Wildman–Crippen MR) is 70.6 cm³/mol. The van der Waals surface area contributed by atoms with E-state index < -0.39 is 17.7 Å². The zero-order valence-electron chi connectivity index (χ0n) is 10.8. The molecule has 1 rings (SSSR count). The lowest BCUT2D eigenvalue weighted by atomic mass is 9.83. The molecule has 0 aliphatic carbocycles. The Morgan fingerprint density at radius 2 is 1.83 bits per heavy atom. The van der Waals surface area contributed by atoms with Crippen molar-refractivity contribution < 1.29 is 13.9 Å². The van der Waals surface area contributed by atoms with Gasteiger partial charge in [-0.25, -0.2) is 8.78 Å². The van der Waals surface area contributed by atoms with Gasteiger partial charge in [0.05, 0.1) is 6.10 Å². The van der Waals surface area contributed by atoms with Crippen LogP contribution in [0.15, 0.2) is 18.2 Å². The average Bonchev–Trinajstić information content (AvgIpc) is 2.20. The van der Waals surface area contributed by atoms with Gasteiger partial charge in [-0.1, -0.05) is 32.9 Å². The number of aliphatic hydroxyl groups excluding tert-OH is 1. The number of hydrogen-bond acceptors (Lipinski definition) is 2. The molecule has 0 aromatic heterocycles. The van der Waals surface area contributed by atoms with Crippen LogP contribution in [0, 0.1) is 17.0 Å². The first kappa shape index (κ1) is 17.3. The molecule has 18 heavy (non-hydrogen) atoms. The number of nitrogens with two attached hydrogens (primary N) is 1. The monoisotopic (exact) mass is 279 g/mol.